The van der Waals surface area contributed by atoms with Gasteiger partial charge in [-0.15, -0.1) is 0 Å². The summed E-state index contributed by atoms with van der Waals surface area (Å²) in [6.45, 7) is 0.371. The number of nitrogens with two attached hydrogens (primary N) is 1. The van der Waals surface area contributed by atoms with Crippen molar-refractivity contribution in [1.29, 1.82) is 0 Å². The lowest BCUT2D eigenvalue weighted by molar-refractivity contribution is -0.110. The molecule has 0 aliphatic carbocycles. The van der Waals surface area contributed by atoms with E-state index in [9.17, 15) is 4.79 Å². The number of amides is 1. The first-order valence-corrected chi connectivity index (χ1v) is 11.8. The molecule has 2 aromatic carbocycles. The van der Waals surface area contributed by atoms with E-state index in [0.717, 1.165) is 33.6 Å². The van der Waals surface area contributed by atoms with Crippen molar-refractivity contribution in [2.75, 3.05) is 11.9 Å². The molecule has 0 radical (unpaired) electrons. The van der Waals surface area contributed by atoms with Gasteiger partial charge in [0.05, 0.1) is 11.8 Å². The van der Waals surface area contributed by atoms with E-state index in [0.29, 0.717) is 24.4 Å². The molecule has 3 aromatic heterocycles. The summed E-state index contributed by atoms with van der Waals surface area (Å²) in [6, 6.07) is 19.7. The largest absolute Gasteiger partial charge is 0.490 e. The van der Waals surface area contributed by atoms with Gasteiger partial charge in [-0.1, -0.05) is 24.3 Å². The van der Waals surface area contributed by atoms with Gasteiger partial charge in [0.2, 0.25) is 0 Å². The maximum Gasteiger partial charge on any atom is 0.256 e. The van der Waals surface area contributed by atoms with Crippen molar-refractivity contribution in [1.82, 2.24) is 15.0 Å². The molecule has 36 heavy (non-hydrogen) atoms. The van der Waals surface area contributed by atoms with Crippen LogP contribution in [0.5, 0.6) is 5.75 Å². The van der Waals surface area contributed by atoms with Crippen molar-refractivity contribution in [3.63, 3.8) is 0 Å². The Labute approximate surface area is 208 Å². The minimum Gasteiger partial charge on any atom is -0.490 e. The van der Waals surface area contributed by atoms with Crippen LogP contribution in [-0.4, -0.2) is 33.5 Å². The highest BCUT2D eigenvalue weighted by Gasteiger charge is 2.24. The molecule has 178 valence electrons. The van der Waals surface area contributed by atoms with E-state index < -0.39 is 0 Å². The lowest BCUT2D eigenvalue weighted by Gasteiger charge is -2.13. The Morgan fingerprint density at radius 3 is 2.81 bits per heavy atom. The first kappa shape index (κ1) is 21.9. The molecule has 1 amide bonds. The number of carbonyl (C=O) groups excluding carboxylic acids is 1. The lowest BCUT2D eigenvalue weighted by Crippen LogP contribution is -2.30. The molecule has 1 aliphatic rings. The van der Waals surface area contributed by atoms with Crippen molar-refractivity contribution in [2.45, 2.75) is 12.5 Å². The Bertz CT molecular complexity index is 1580. The molecular formula is C29H25N5O2. The van der Waals surface area contributed by atoms with Gasteiger partial charge in [-0.2, -0.15) is 0 Å². The molecule has 1 aliphatic heterocycles. The molecule has 0 fully saturated rings. The number of carbonyl (C=O) groups is 1. The second kappa shape index (κ2) is 9.20. The van der Waals surface area contributed by atoms with Crippen LogP contribution in [0.2, 0.25) is 0 Å². The summed E-state index contributed by atoms with van der Waals surface area (Å²) in [4.78, 5) is 23.3. The number of H-pyrrole nitrogens is 2. The summed E-state index contributed by atoms with van der Waals surface area (Å²) in [7, 11) is 0. The van der Waals surface area contributed by atoms with E-state index in [2.05, 4.69) is 32.4 Å². The van der Waals surface area contributed by atoms with Crippen LogP contribution in [0, 0.1) is 0 Å². The van der Waals surface area contributed by atoms with Gasteiger partial charge >= 0.3 is 0 Å². The first-order chi connectivity index (χ1) is 17.6. The number of hydrogen-bond donors (Lipinski definition) is 4. The maximum absolute atomic E-state index is 12.6. The molecule has 0 unspecified atom stereocenters. The van der Waals surface area contributed by atoms with Crippen LogP contribution in [0.1, 0.15) is 16.8 Å². The van der Waals surface area contributed by atoms with Gasteiger partial charge in [0.15, 0.2) is 0 Å². The number of para-hydroxylation sites is 1. The molecule has 0 saturated carbocycles. The van der Waals surface area contributed by atoms with E-state index >= 15 is 0 Å². The molecule has 7 heteroatoms. The van der Waals surface area contributed by atoms with Crippen molar-refractivity contribution < 1.29 is 9.53 Å². The van der Waals surface area contributed by atoms with E-state index in [1.807, 2.05) is 67.0 Å². The summed E-state index contributed by atoms with van der Waals surface area (Å²) < 4.78 is 6.01. The molecule has 7 nitrogen and oxygen atoms in total. The number of nitrogens with one attached hydrogen (secondary N) is 3. The fourth-order valence-corrected chi connectivity index (χ4v) is 4.60. The molecule has 0 bridgehead atoms. The molecule has 5 aromatic rings. The SMILES string of the molecule is N[C@@H](COc1cncc(-c2ccc3c(c2)/C(=C/c2ccc[nH]2)C(=O)N3)c1)Cc1c[nH]c2ccccc12. The van der Waals surface area contributed by atoms with Crippen LogP contribution in [0.15, 0.2) is 85.5 Å². The second-order valence-electron chi connectivity index (χ2n) is 8.94. The van der Waals surface area contributed by atoms with Gasteiger partial charge in [0.1, 0.15) is 12.4 Å². The van der Waals surface area contributed by atoms with Crippen molar-refractivity contribution in [3.05, 3.63) is 102 Å². The third kappa shape index (κ3) is 4.28. The van der Waals surface area contributed by atoms with Crippen LogP contribution in [0.4, 0.5) is 5.69 Å². The molecule has 5 N–H and O–H groups in total. The summed E-state index contributed by atoms with van der Waals surface area (Å²) >= 11 is 0. The average Bonchev–Trinajstić information content (AvgIpc) is 3.63. The number of aromatic amines is 2. The Balaban J connectivity index is 1.18. The van der Waals surface area contributed by atoms with Gasteiger partial charge < -0.3 is 25.8 Å². The predicted molar refractivity (Wildman–Crippen MR) is 142 cm³/mol. The zero-order chi connectivity index (χ0) is 24.5. The van der Waals surface area contributed by atoms with Gasteiger partial charge in [-0.05, 0) is 60.0 Å². The van der Waals surface area contributed by atoms with E-state index in [1.165, 1.54) is 10.9 Å². The minimum atomic E-state index is -0.161. The number of nitrogens with zero attached hydrogens (tertiary/aromatic N) is 1. The number of pyridine rings is 1. The summed E-state index contributed by atoms with van der Waals surface area (Å²) in [6.07, 6.45) is 9.89. The van der Waals surface area contributed by atoms with Crippen molar-refractivity contribution in [3.8, 4) is 16.9 Å². The van der Waals surface area contributed by atoms with E-state index in [4.69, 9.17) is 10.5 Å². The smallest absolute Gasteiger partial charge is 0.256 e. The molecule has 6 rings (SSSR count). The molecule has 1 atom stereocenters. The highest BCUT2D eigenvalue weighted by Crippen LogP contribution is 2.36. The maximum atomic E-state index is 12.6. The number of aromatic nitrogens is 3. The summed E-state index contributed by atoms with van der Waals surface area (Å²) in [5, 5.41) is 4.12. The van der Waals surface area contributed by atoms with Crippen LogP contribution >= 0.6 is 0 Å². The topological polar surface area (TPSA) is 109 Å². The highest BCUT2D eigenvalue weighted by atomic mass is 16.5. The standard InChI is InChI=1S/C29H25N5O2/c30-21(10-20-15-33-27-6-2-1-5-24(20)27)17-36-23-11-19(14-31-16-23)18-7-8-28-25(12-18)26(29(35)34-28)13-22-4-3-9-32-22/h1-9,11-16,21,32-33H,10,17,30H2,(H,34,35)/b26-13-/t21-/m1/s1. The monoisotopic (exact) mass is 475 g/mol. The zero-order valence-corrected chi connectivity index (χ0v) is 19.5. The molecule has 0 spiro atoms. The quantitative estimate of drug-likeness (QED) is 0.248. The normalized spacial score (nSPS) is 14.7. The fraction of sp³-hybridized carbons (Fsp3) is 0.103. The Morgan fingerprint density at radius 2 is 1.92 bits per heavy atom. The van der Waals surface area contributed by atoms with E-state index in [-0.39, 0.29) is 11.9 Å². The number of rotatable bonds is 7. The molecule has 4 heterocycles. The first-order valence-electron chi connectivity index (χ1n) is 11.8. The van der Waals surface area contributed by atoms with Crippen LogP contribution in [0.3, 0.4) is 0 Å². The Morgan fingerprint density at radius 1 is 1.00 bits per heavy atom. The summed E-state index contributed by atoms with van der Waals surface area (Å²) in [5.74, 6) is 0.537. The third-order valence-corrected chi connectivity index (χ3v) is 6.39. The van der Waals surface area contributed by atoms with Crippen LogP contribution in [0.25, 0.3) is 33.7 Å². The Kier molecular flexibility index (Phi) is 5.59. The van der Waals surface area contributed by atoms with Gasteiger partial charge in [0.25, 0.3) is 5.91 Å². The van der Waals surface area contributed by atoms with Crippen LogP contribution in [-0.2, 0) is 11.2 Å². The zero-order valence-electron chi connectivity index (χ0n) is 19.5. The Hall–Kier alpha value is -4.62. The lowest BCUT2D eigenvalue weighted by atomic mass is 10.00. The van der Waals surface area contributed by atoms with Gasteiger partial charge in [0, 0.05) is 58.0 Å². The second-order valence-corrected chi connectivity index (χ2v) is 8.94. The van der Waals surface area contributed by atoms with Crippen molar-refractivity contribution in [2.24, 2.45) is 5.73 Å². The highest BCUT2D eigenvalue weighted by molar-refractivity contribution is 6.35. The van der Waals surface area contributed by atoms with Gasteiger partial charge in [-0.3, -0.25) is 9.78 Å². The molecule has 0 saturated heterocycles. The van der Waals surface area contributed by atoms with E-state index in [1.54, 1.807) is 12.4 Å². The summed E-state index contributed by atoms with van der Waals surface area (Å²) in [5.41, 5.74) is 13.7. The van der Waals surface area contributed by atoms with Crippen molar-refractivity contribution >= 4 is 34.1 Å². The third-order valence-electron chi connectivity index (χ3n) is 6.39. The van der Waals surface area contributed by atoms with Gasteiger partial charge in [-0.25, -0.2) is 0 Å². The minimum absolute atomic E-state index is 0.115. The number of ether oxygens (including phenoxy) is 1. The fourth-order valence-electron chi connectivity index (χ4n) is 4.60. The number of benzene rings is 2. The van der Waals surface area contributed by atoms with Crippen LogP contribution < -0.4 is 15.8 Å². The average molecular weight is 476 g/mol. The number of fused-ring (bicyclic) bond motifs is 2. The number of anilines is 1. The molecular weight excluding hydrogens is 450 g/mol. The predicted octanol–water partition coefficient (Wildman–Crippen LogP) is 5.00. The number of hydrogen-bond acceptors (Lipinski definition) is 4.